The van der Waals surface area contributed by atoms with Crippen molar-refractivity contribution in [3.05, 3.63) is 0 Å². The van der Waals surface area contributed by atoms with Crippen molar-refractivity contribution in [2.75, 3.05) is 46.2 Å². The Hall–Kier alpha value is -0.640. The van der Waals surface area contributed by atoms with E-state index in [1.807, 2.05) is 0 Å². The maximum absolute atomic E-state index is 10.7. The smallest absolute Gasteiger partial charge is 0.183 e. The van der Waals surface area contributed by atoms with Crippen LogP contribution in [-0.2, 0) is 23.7 Å². The van der Waals surface area contributed by atoms with E-state index in [1.54, 1.807) is 0 Å². The molecule has 3 fully saturated rings. The summed E-state index contributed by atoms with van der Waals surface area (Å²) in [6.45, 7) is -2.83. The van der Waals surface area contributed by atoms with Gasteiger partial charge in [0.15, 0.2) is 6.29 Å². The van der Waals surface area contributed by atoms with Crippen molar-refractivity contribution in [3.63, 3.8) is 0 Å². The molecule has 11 N–H and O–H groups in total. The Morgan fingerprint density at radius 3 is 1.29 bits per heavy atom. The first-order valence-electron chi connectivity index (χ1n) is 12.4. The summed E-state index contributed by atoms with van der Waals surface area (Å²) in [5, 5.41) is 109. The molecule has 0 aliphatic carbocycles. The van der Waals surface area contributed by atoms with Crippen molar-refractivity contribution in [2.45, 2.75) is 79.5 Å². The molecule has 0 bridgehead atoms. The molecule has 3 aliphatic heterocycles. The molecule has 224 valence electrons. The van der Waals surface area contributed by atoms with Gasteiger partial charge in [-0.05, 0) is 0 Å². The molecule has 0 aromatic carbocycles. The number of hydrogen-bond acceptors (Lipinski definition) is 16. The highest BCUT2D eigenvalue weighted by atomic mass is 16.6. The quantitative estimate of drug-likeness (QED) is 0.112. The van der Waals surface area contributed by atoms with Gasteiger partial charge in [0.2, 0.25) is 0 Å². The molecule has 0 amide bonds. The Bertz CT molecular complexity index is 696. The summed E-state index contributed by atoms with van der Waals surface area (Å²) in [6, 6.07) is 0. The van der Waals surface area contributed by atoms with Crippen LogP contribution >= 0.6 is 0 Å². The third-order valence-corrected chi connectivity index (χ3v) is 7.41. The summed E-state index contributed by atoms with van der Waals surface area (Å²) in [6.07, 6.45) is -17.6. The van der Waals surface area contributed by atoms with E-state index in [0.717, 1.165) is 0 Å². The van der Waals surface area contributed by atoms with Crippen molar-refractivity contribution in [1.82, 2.24) is 0 Å². The number of aliphatic hydroxyl groups excluding tert-OH is 11. The van der Waals surface area contributed by atoms with E-state index in [4.69, 9.17) is 23.7 Å². The van der Waals surface area contributed by atoms with Crippen LogP contribution < -0.4 is 0 Å². The predicted molar refractivity (Wildman–Crippen MR) is 120 cm³/mol. The Morgan fingerprint density at radius 1 is 0.395 bits per heavy atom. The van der Waals surface area contributed by atoms with E-state index in [2.05, 4.69) is 0 Å². The second-order valence-corrected chi connectivity index (χ2v) is 9.88. The Balaban J connectivity index is 1.50. The fourth-order valence-corrected chi connectivity index (χ4v) is 4.96. The minimum Gasteiger partial charge on any atom is -0.394 e. The SMILES string of the molecule is OCC1O[C@H](COC[C@@H]2C(CO)O[C@H](COC[C@@H]3C(CO)O[C@H](O)C(O)[C@@H]3O)C(O)[C@@H]2O)C(O)[C@H](O)[C@@H]1O. The van der Waals surface area contributed by atoms with Gasteiger partial charge < -0.3 is 79.9 Å². The van der Waals surface area contributed by atoms with Crippen molar-refractivity contribution >= 4 is 0 Å². The molecule has 0 aromatic heterocycles. The van der Waals surface area contributed by atoms with E-state index < -0.39 is 111 Å². The van der Waals surface area contributed by atoms with Gasteiger partial charge in [-0.25, -0.2) is 0 Å². The molecule has 0 radical (unpaired) electrons. The molecule has 0 aromatic rings. The third kappa shape index (κ3) is 6.98. The molecule has 15 atom stereocenters. The summed E-state index contributed by atoms with van der Waals surface area (Å²) >= 11 is 0. The second-order valence-electron chi connectivity index (χ2n) is 9.88. The van der Waals surface area contributed by atoms with Crippen molar-refractivity contribution < 1.29 is 79.9 Å². The molecule has 3 heterocycles. The number of ether oxygens (including phenoxy) is 5. The molecule has 38 heavy (non-hydrogen) atoms. The summed E-state index contributed by atoms with van der Waals surface area (Å²) in [5.74, 6) is -1.83. The molecule has 3 saturated heterocycles. The summed E-state index contributed by atoms with van der Waals surface area (Å²) in [5.41, 5.74) is 0. The van der Waals surface area contributed by atoms with Crippen molar-refractivity contribution in [1.29, 1.82) is 0 Å². The van der Waals surface area contributed by atoms with Gasteiger partial charge in [-0.2, -0.15) is 0 Å². The molecular weight excluding hydrogens is 520 g/mol. The molecule has 16 nitrogen and oxygen atoms in total. The first-order chi connectivity index (χ1) is 18.0. The van der Waals surface area contributed by atoms with Gasteiger partial charge in [0.25, 0.3) is 0 Å². The fraction of sp³-hybridized carbons (Fsp3) is 1.00. The first kappa shape index (κ1) is 31.9. The van der Waals surface area contributed by atoms with E-state index >= 15 is 0 Å². The first-order valence-corrected chi connectivity index (χ1v) is 12.4. The van der Waals surface area contributed by atoms with E-state index in [-0.39, 0.29) is 26.4 Å². The van der Waals surface area contributed by atoms with Gasteiger partial charge in [-0.3, -0.25) is 0 Å². The highest BCUT2D eigenvalue weighted by Gasteiger charge is 2.47. The lowest BCUT2D eigenvalue weighted by Crippen LogP contribution is -2.60. The molecular formula is C22H40O16. The van der Waals surface area contributed by atoms with Gasteiger partial charge in [-0.15, -0.1) is 0 Å². The van der Waals surface area contributed by atoms with Gasteiger partial charge in [0.05, 0.1) is 70.7 Å². The standard InChI is InChI=1S/C22H40O16/c23-1-10-8(4-34-7-14-19(30)20(31)17(28)12(3-25)37-14)15(26)18(29)13(36-10)6-35-5-9-11(2-24)38-22(33)21(32)16(9)27/h8-33H,1-7H2/t8-,9-,10?,11?,12?,13-,14-,15-,16-,17-,18?,19?,20-,21?,22+/m1/s1. The van der Waals surface area contributed by atoms with Gasteiger partial charge in [0, 0.05) is 11.8 Å². The summed E-state index contributed by atoms with van der Waals surface area (Å²) in [7, 11) is 0. The minimum atomic E-state index is -1.68. The zero-order valence-corrected chi connectivity index (χ0v) is 20.6. The van der Waals surface area contributed by atoms with Crippen LogP contribution in [0.2, 0.25) is 0 Å². The van der Waals surface area contributed by atoms with E-state index in [0.29, 0.717) is 0 Å². The maximum atomic E-state index is 10.7. The number of hydrogen-bond donors (Lipinski definition) is 11. The average Bonchev–Trinajstić information content (AvgIpc) is 2.91. The van der Waals surface area contributed by atoms with Crippen LogP contribution in [-0.4, -0.2) is 182 Å². The highest BCUT2D eigenvalue weighted by Crippen LogP contribution is 2.29. The van der Waals surface area contributed by atoms with Crippen LogP contribution in [0.5, 0.6) is 0 Å². The zero-order chi connectivity index (χ0) is 28.1. The molecule has 16 heteroatoms. The second kappa shape index (κ2) is 14.3. The Morgan fingerprint density at radius 2 is 0.789 bits per heavy atom. The summed E-state index contributed by atoms with van der Waals surface area (Å²) < 4.78 is 27.1. The van der Waals surface area contributed by atoms with Crippen LogP contribution in [0.15, 0.2) is 0 Å². The normalized spacial score (nSPS) is 48.2. The average molecular weight is 561 g/mol. The van der Waals surface area contributed by atoms with Crippen molar-refractivity contribution in [2.24, 2.45) is 11.8 Å². The van der Waals surface area contributed by atoms with Gasteiger partial charge in [-0.1, -0.05) is 0 Å². The van der Waals surface area contributed by atoms with Gasteiger partial charge in [0.1, 0.15) is 48.8 Å². The summed E-state index contributed by atoms with van der Waals surface area (Å²) in [4.78, 5) is 0. The van der Waals surface area contributed by atoms with Gasteiger partial charge >= 0.3 is 0 Å². The number of aliphatic hydroxyl groups is 11. The zero-order valence-electron chi connectivity index (χ0n) is 20.6. The molecule has 6 unspecified atom stereocenters. The third-order valence-electron chi connectivity index (χ3n) is 7.41. The monoisotopic (exact) mass is 560 g/mol. The lowest BCUT2D eigenvalue weighted by atomic mass is 9.87. The van der Waals surface area contributed by atoms with Crippen LogP contribution in [0.3, 0.4) is 0 Å². The molecule has 0 spiro atoms. The van der Waals surface area contributed by atoms with Crippen LogP contribution in [0, 0.1) is 11.8 Å². The topological polar surface area (TPSA) is 269 Å². The lowest BCUT2D eigenvalue weighted by molar-refractivity contribution is -0.282. The highest BCUT2D eigenvalue weighted by molar-refractivity contribution is 4.94. The van der Waals surface area contributed by atoms with E-state index in [1.165, 1.54) is 0 Å². The minimum absolute atomic E-state index is 0.254. The Labute approximate surface area is 218 Å². The lowest BCUT2D eigenvalue weighted by Gasteiger charge is -2.43. The fourth-order valence-electron chi connectivity index (χ4n) is 4.96. The van der Waals surface area contributed by atoms with Crippen LogP contribution in [0.4, 0.5) is 0 Å². The maximum Gasteiger partial charge on any atom is 0.183 e. The van der Waals surface area contributed by atoms with E-state index in [9.17, 15) is 56.2 Å². The Kier molecular flexibility index (Phi) is 12.0. The predicted octanol–water partition coefficient (Wildman–Crippen LogP) is -6.99. The molecule has 0 saturated carbocycles. The van der Waals surface area contributed by atoms with Crippen LogP contribution in [0.25, 0.3) is 0 Å². The number of rotatable bonds is 11. The van der Waals surface area contributed by atoms with Crippen molar-refractivity contribution in [3.8, 4) is 0 Å². The molecule has 3 aliphatic rings. The molecule has 3 rings (SSSR count). The largest absolute Gasteiger partial charge is 0.394 e. The van der Waals surface area contributed by atoms with Crippen LogP contribution in [0.1, 0.15) is 0 Å².